The lowest BCUT2D eigenvalue weighted by molar-refractivity contribution is -0.128. The van der Waals surface area contributed by atoms with Crippen LogP contribution in [-0.4, -0.2) is 23.2 Å². The summed E-state index contributed by atoms with van der Waals surface area (Å²) in [5, 5.41) is 3.55. The van der Waals surface area contributed by atoms with Crippen molar-refractivity contribution in [3.05, 3.63) is 29.8 Å². The number of hydrogen-bond donors (Lipinski definition) is 1. The van der Waals surface area contributed by atoms with Crippen LogP contribution in [0.15, 0.2) is 24.3 Å². The number of hydrogen-bond acceptors (Lipinski definition) is 4. The average molecular weight is 443 g/mol. The fourth-order valence-corrected chi connectivity index (χ4v) is 3.76. The normalized spacial score (nSPS) is 20.8. The lowest BCUT2D eigenvalue weighted by atomic mass is 9.75. The Bertz CT molecular complexity index is 575. The molecule has 1 aromatic carbocycles. The van der Waals surface area contributed by atoms with Gasteiger partial charge in [0.15, 0.2) is 9.57 Å². The van der Waals surface area contributed by atoms with Gasteiger partial charge >= 0.3 is 0 Å². The van der Waals surface area contributed by atoms with Gasteiger partial charge in [-0.25, -0.2) is 0 Å². The zero-order valence-electron chi connectivity index (χ0n) is 14.3. The van der Waals surface area contributed by atoms with Gasteiger partial charge in [0.05, 0.1) is 7.11 Å². The van der Waals surface area contributed by atoms with E-state index in [2.05, 4.69) is 5.32 Å². The number of methoxy groups -OCH3 is 1. The third-order valence-corrected chi connectivity index (χ3v) is 5.26. The molecule has 132 valence electrons. The lowest BCUT2D eigenvalue weighted by Gasteiger charge is -2.37. The first-order valence-electron chi connectivity index (χ1n) is 8.70. The van der Waals surface area contributed by atoms with Gasteiger partial charge in [0.2, 0.25) is 0 Å². The monoisotopic (exact) mass is 443 g/mol. The Morgan fingerprint density at radius 1 is 1.29 bits per heavy atom. The van der Waals surface area contributed by atoms with Crippen LogP contribution in [0.25, 0.3) is 0 Å². The molecule has 4 nitrogen and oxygen atoms in total. The van der Waals surface area contributed by atoms with Crippen LogP contribution in [0.3, 0.4) is 0 Å². The van der Waals surface area contributed by atoms with Crippen LogP contribution in [0.5, 0.6) is 5.75 Å². The summed E-state index contributed by atoms with van der Waals surface area (Å²) in [5.74, 6) is 1.07. The van der Waals surface area contributed by atoms with Crippen molar-refractivity contribution in [3.8, 4) is 5.75 Å². The van der Waals surface area contributed by atoms with Crippen molar-refractivity contribution < 1.29 is 14.3 Å². The average Bonchev–Trinajstić information content (AvgIpc) is 2.59. The van der Waals surface area contributed by atoms with E-state index in [1.165, 1.54) is 0 Å². The number of unbranched alkanes of at least 4 members (excludes halogenated alkanes) is 2. The molecule has 24 heavy (non-hydrogen) atoms. The van der Waals surface area contributed by atoms with Crippen LogP contribution in [0, 0.1) is 0 Å². The third kappa shape index (κ3) is 5.02. The van der Waals surface area contributed by atoms with Crippen molar-refractivity contribution in [1.82, 2.24) is 5.32 Å². The third-order valence-electron chi connectivity index (χ3n) is 4.72. The molecule has 0 radical (unpaired) electrons. The first-order chi connectivity index (χ1) is 11.6. The number of halogens is 1. The molecule has 1 fully saturated rings. The Morgan fingerprint density at radius 3 is 2.83 bits per heavy atom. The molecule has 1 atom stereocenters. The summed E-state index contributed by atoms with van der Waals surface area (Å²) in [6, 6.07) is 7.86. The Balaban J connectivity index is 2.04. The largest absolute Gasteiger partial charge is 0.497 e. The summed E-state index contributed by atoms with van der Waals surface area (Å²) in [6.45, 7) is 0.790. The molecular weight excluding hydrogens is 417 g/mol. The van der Waals surface area contributed by atoms with E-state index < -0.39 is 5.54 Å². The predicted octanol–water partition coefficient (Wildman–Crippen LogP) is 4.15. The highest BCUT2D eigenvalue weighted by atomic mass is 127. The maximum absolute atomic E-state index is 12.8. The molecule has 0 aromatic heterocycles. The summed E-state index contributed by atoms with van der Waals surface area (Å²) in [7, 11) is 1.65. The molecule has 1 N–H and O–H groups in total. The van der Waals surface area contributed by atoms with E-state index in [4.69, 9.17) is 4.74 Å². The van der Waals surface area contributed by atoms with E-state index in [1.807, 2.05) is 46.9 Å². The number of rotatable bonds is 9. The number of Topliss-reactive ketones (excluding diaryl/α,β-unsaturated/α-hetero) is 1. The maximum Gasteiger partial charge on any atom is 0.192 e. The van der Waals surface area contributed by atoms with Gasteiger partial charge in [0.25, 0.3) is 0 Å². The number of carbonyl (C=O) groups excluding carboxylic acids is 2. The molecule has 0 heterocycles. The van der Waals surface area contributed by atoms with E-state index >= 15 is 0 Å². The second kappa shape index (κ2) is 9.51. The zero-order valence-corrected chi connectivity index (χ0v) is 16.4. The molecule has 0 bridgehead atoms. The molecule has 1 unspecified atom stereocenters. The van der Waals surface area contributed by atoms with Gasteiger partial charge < -0.3 is 10.1 Å². The Hall–Kier alpha value is -0.950. The SMILES string of the molecule is COc1cccc(C2(NCCCCCC(=O)I)CCCCC2=O)c1. The number of ether oxygens (including phenoxy) is 1. The summed E-state index contributed by atoms with van der Waals surface area (Å²) in [6.07, 6.45) is 7.04. The van der Waals surface area contributed by atoms with Gasteiger partial charge in [-0.05, 0) is 72.5 Å². The van der Waals surface area contributed by atoms with Crippen molar-refractivity contribution in [1.29, 1.82) is 0 Å². The second-order valence-electron chi connectivity index (χ2n) is 6.36. The van der Waals surface area contributed by atoms with Crippen LogP contribution in [0.2, 0.25) is 0 Å². The minimum atomic E-state index is -0.578. The topological polar surface area (TPSA) is 55.4 Å². The van der Waals surface area contributed by atoms with E-state index in [-0.39, 0.29) is 9.57 Å². The van der Waals surface area contributed by atoms with Gasteiger partial charge in [-0.2, -0.15) is 0 Å². The van der Waals surface area contributed by atoms with Gasteiger partial charge in [-0.15, -0.1) is 0 Å². The molecule has 5 heteroatoms. The first-order valence-corrected chi connectivity index (χ1v) is 9.77. The highest BCUT2D eigenvalue weighted by Crippen LogP contribution is 2.36. The highest BCUT2D eigenvalue weighted by Gasteiger charge is 2.40. The lowest BCUT2D eigenvalue weighted by Crippen LogP contribution is -2.51. The quantitative estimate of drug-likeness (QED) is 0.354. The standard InChI is InChI=1S/C19H26INO3/c1-24-16-9-7-8-15(14-16)19(12-5-4-10-17(19)22)21-13-6-2-3-11-18(20)23/h7-9,14,21H,2-6,10-13H2,1H3. The molecule has 0 spiro atoms. The zero-order chi connectivity index (χ0) is 17.4. The van der Waals surface area contributed by atoms with Crippen LogP contribution in [0.1, 0.15) is 56.9 Å². The first kappa shape index (κ1) is 19.4. The molecular formula is C19H26INO3. The van der Waals surface area contributed by atoms with Crippen LogP contribution < -0.4 is 10.1 Å². The Kier molecular flexibility index (Phi) is 7.68. The summed E-state index contributed by atoms with van der Waals surface area (Å²) in [4.78, 5) is 23.8. The molecule has 1 saturated carbocycles. The van der Waals surface area contributed by atoms with Gasteiger partial charge in [0.1, 0.15) is 11.3 Å². The van der Waals surface area contributed by atoms with Crippen LogP contribution >= 0.6 is 22.6 Å². The molecule has 0 saturated heterocycles. The van der Waals surface area contributed by atoms with Crippen LogP contribution in [-0.2, 0) is 15.1 Å². The van der Waals surface area contributed by atoms with Gasteiger partial charge in [-0.3, -0.25) is 9.59 Å². The molecule has 1 aliphatic carbocycles. The van der Waals surface area contributed by atoms with Crippen LogP contribution in [0.4, 0.5) is 0 Å². The van der Waals surface area contributed by atoms with Crippen molar-refractivity contribution in [2.75, 3.05) is 13.7 Å². The predicted molar refractivity (Wildman–Crippen MR) is 104 cm³/mol. The minimum Gasteiger partial charge on any atom is -0.497 e. The molecule has 0 aliphatic heterocycles. The number of nitrogens with one attached hydrogen (secondary N) is 1. The van der Waals surface area contributed by atoms with E-state index in [9.17, 15) is 9.59 Å². The van der Waals surface area contributed by atoms with Crippen molar-refractivity contribution >= 4 is 32.2 Å². The van der Waals surface area contributed by atoms with E-state index in [1.54, 1.807) is 7.11 Å². The number of ketones is 1. The Labute approximate surface area is 157 Å². The smallest absolute Gasteiger partial charge is 0.192 e. The highest BCUT2D eigenvalue weighted by molar-refractivity contribution is 14.1. The fourth-order valence-electron chi connectivity index (χ4n) is 3.38. The van der Waals surface area contributed by atoms with Crippen molar-refractivity contribution in [2.24, 2.45) is 0 Å². The molecule has 1 aromatic rings. The minimum absolute atomic E-state index is 0.218. The summed E-state index contributed by atoms with van der Waals surface area (Å²) >= 11 is 1.85. The fraction of sp³-hybridized carbons (Fsp3) is 0.579. The summed E-state index contributed by atoms with van der Waals surface area (Å²) < 4.78 is 5.55. The molecule has 1 aliphatic rings. The van der Waals surface area contributed by atoms with Crippen molar-refractivity contribution in [3.63, 3.8) is 0 Å². The van der Waals surface area contributed by atoms with Gasteiger partial charge in [0, 0.05) is 12.8 Å². The second-order valence-corrected chi connectivity index (χ2v) is 7.56. The molecule has 2 rings (SSSR count). The van der Waals surface area contributed by atoms with E-state index in [0.717, 1.165) is 56.4 Å². The van der Waals surface area contributed by atoms with Gasteiger partial charge in [-0.1, -0.05) is 25.0 Å². The summed E-state index contributed by atoms with van der Waals surface area (Å²) in [5.41, 5.74) is 0.431. The maximum atomic E-state index is 12.8. The van der Waals surface area contributed by atoms with Crippen molar-refractivity contribution in [2.45, 2.75) is 56.9 Å². The number of carbonyl (C=O) groups is 2. The number of benzene rings is 1. The molecule has 0 amide bonds. The van der Waals surface area contributed by atoms with E-state index in [0.29, 0.717) is 12.8 Å². The Morgan fingerprint density at radius 2 is 2.12 bits per heavy atom.